The highest BCUT2D eigenvalue weighted by Gasteiger charge is 2.37. The molecule has 1 aromatic carbocycles. The van der Waals surface area contributed by atoms with Crippen LogP contribution in [0.3, 0.4) is 0 Å². The summed E-state index contributed by atoms with van der Waals surface area (Å²) in [5.41, 5.74) is 0.541. The first-order chi connectivity index (χ1) is 12.9. The number of carbonyl (C=O) groups is 1. The van der Waals surface area contributed by atoms with Crippen molar-refractivity contribution in [2.24, 2.45) is 0 Å². The minimum atomic E-state index is -3.58. The predicted octanol–water partition coefficient (Wildman–Crippen LogP) is 4.50. The van der Waals surface area contributed by atoms with E-state index in [9.17, 15) is 13.2 Å². The van der Waals surface area contributed by atoms with Gasteiger partial charge in [0.15, 0.2) is 18.2 Å². The van der Waals surface area contributed by atoms with E-state index >= 15 is 0 Å². The first-order valence-corrected chi connectivity index (χ1v) is 14.2. The number of carbonyl (C=O) groups excluding carboxylic acids is 1. The number of benzene rings is 1. The monoisotopic (exact) mass is 424 g/mol. The molecule has 0 amide bonds. The standard InChI is InChI=1S/C21H32O5SSi/c1-21(2,3)28(4,5)26-14-10-9-13-19(17-15-20(22)25-16-17)27(23,24)18-11-7-6-8-12-18/h6-8,11-12,15,19H,9-10,13-14,16H2,1-5H3. The summed E-state index contributed by atoms with van der Waals surface area (Å²) in [5.74, 6) is -0.468. The maximum atomic E-state index is 13.1. The molecule has 1 aliphatic rings. The Morgan fingerprint density at radius 3 is 2.32 bits per heavy atom. The van der Waals surface area contributed by atoms with Crippen LogP contribution in [0.5, 0.6) is 0 Å². The maximum absolute atomic E-state index is 13.1. The molecule has 0 saturated heterocycles. The Balaban J connectivity index is 2.04. The smallest absolute Gasteiger partial charge is 0.331 e. The number of ether oxygens (including phenoxy) is 1. The zero-order chi connectivity index (χ0) is 21.0. The molecule has 1 unspecified atom stereocenters. The fraction of sp³-hybridized carbons (Fsp3) is 0.571. The maximum Gasteiger partial charge on any atom is 0.331 e. The first kappa shape index (κ1) is 22.8. The Morgan fingerprint density at radius 2 is 1.79 bits per heavy atom. The summed E-state index contributed by atoms with van der Waals surface area (Å²) < 4.78 is 37.5. The van der Waals surface area contributed by atoms with Gasteiger partial charge in [0.2, 0.25) is 0 Å². The van der Waals surface area contributed by atoms with Crippen molar-refractivity contribution in [3.63, 3.8) is 0 Å². The molecule has 0 saturated carbocycles. The molecule has 5 nitrogen and oxygen atoms in total. The largest absolute Gasteiger partial charge is 0.458 e. The molecular formula is C21H32O5SSi. The van der Waals surface area contributed by atoms with Gasteiger partial charge >= 0.3 is 5.97 Å². The Morgan fingerprint density at radius 1 is 1.14 bits per heavy atom. The molecule has 1 aromatic rings. The summed E-state index contributed by atoms with van der Waals surface area (Å²) in [7, 11) is -5.38. The number of esters is 1. The Kier molecular flexibility index (Phi) is 7.28. The van der Waals surface area contributed by atoms with Crippen LogP contribution in [-0.2, 0) is 23.8 Å². The minimum absolute atomic E-state index is 0.0516. The zero-order valence-electron chi connectivity index (χ0n) is 17.5. The summed E-state index contributed by atoms with van der Waals surface area (Å²) in [6.07, 6.45) is 3.27. The van der Waals surface area contributed by atoms with Gasteiger partial charge in [-0.1, -0.05) is 39.0 Å². The van der Waals surface area contributed by atoms with E-state index in [-0.39, 0.29) is 16.5 Å². The molecule has 0 N–H and O–H groups in total. The summed E-state index contributed by atoms with van der Waals surface area (Å²) in [6.45, 7) is 11.7. The van der Waals surface area contributed by atoms with Gasteiger partial charge in [0.05, 0.1) is 10.1 Å². The highest BCUT2D eigenvalue weighted by molar-refractivity contribution is 7.92. The van der Waals surface area contributed by atoms with Crippen molar-refractivity contribution < 1.29 is 22.4 Å². The average molecular weight is 425 g/mol. The quantitative estimate of drug-likeness (QED) is 0.331. The van der Waals surface area contributed by atoms with Gasteiger partial charge in [0.1, 0.15) is 6.61 Å². The average Bonchev–Trinajstić information content (AvgIpc) is 3.03. The van der Waals surface area contributed by atoms with Crippen LogP contribution in [-0.4, -0.2) is 41.2 Å². The van der Waals surface area contributed by atoms with E-state index < -0.39 is 29.4 Å². The Bertz CT molecular complexity index is 807. The molecular weight excluding hydrogens is 392 g/mol. The zero-order valence-corrected chi connectivity index (χ0v) is 19.3. The van der Waals surface area contributed by atoms with Gasteiger partial charge in [-0.2, -0.15) is 0 Å². The molecule has 0 radical (unpaired) electrons. The van der Waals surface area contributed by atoms with Gasteiger partial charge in [-0.3, -0.25) is 0 Å². The molecule has 0 bridgehead atoms. The van der Waals surface area contributed by atoms with Gasteiger partial charge in [-0.05, 0) is 55.1 Å². The van der Waals surface area contributed by atoms with E-state index in [0.29, 0.717) is 25.0 Å². The van der Waals surface area contributed by atoms with Crippen molar-refractivity contribution in [2.75, 3.05) is 13.2 Å². The number of sulfone groups is 1. The van der Waals surface area contributed by atoms with Crippen molar-refractivity contribution in [3.05, 3.63) is 42.0 Å². The fourth-order valence-electron chi connectivity index (χ4n) is 2.86. The van der Waals surface area contributed by atoms with Gasteiger partial charge in [0.25, 0.3) is 0 Å². The second-order valence-electron chi connectivity index (χ2n) is 8.78. The van der Waals surface area contributed by atoms with Crippen LogP contribution >= 0.6 is 0 Å². The van der Waals surface area contributed by atoms with Crippen LogP contribution in [0.1, 0.15) is 40.0 Å². The van der Waals surface area contributed by atoms with Crippen LogP contribution in [0.4, 0.5) is 0 Å². The lowest BCUT2D eigenvalue weighted by Crippen LogP contribution is -2.41. The van der Waals surface area contributed by atoms with E-state index in [1.54, 1.807) is 30.3 Å². The molecule has 2 rings (SSSR count). The molecule has 1 heterocycles. The third kappa shape index (κ3) is 5.55. The fourth-order valence-corrected chi connectivity index (χ4v) is 5.83. The van der Waals surface area contributed by atoms with Crippen molar-refractivity contribution in [1.82, 2.24) is 0 Å². The van der Waals surface area contributed by atoms with Gasteiger partial charge in [-0.15, -0.1) is 0 Å². The Labute approximate surface area is 170 Å². The molecule has 0 aromatic heterocycles. The van der Waals surface area contributed by atoms with Crippen molar-refractivity contribution >= 4 is 24.1 Å². The molecule has 1 aliphatic heterocycles. The number of unbranched alkanes of at least 4 members (excludes halogenated alkanes) is 1. The number of cyclic esters (lactones) is 1. The topological polar surface area (TPSA) is 69.7 Å². The second-order valence-corrected chi connectivity index (χ2v) is 15.7. The van der Waals surface area contributed by atoms with Crippen LogP contribution < -0.4 is 0 Å². The van der Waals surface area contributed by atoms with Gasteiger partial charge in [-0.25, -0.2) is 13.2 Å². The number of hydrogen-bond acceptors (Lipinski definition) is 5. The van der Waals surface area contributed by atoms with Crippen molar-refractivity contribution in [2.45, 2.75) is 68.3 Å². The number of rotatable bonds is 9. The highest BCUT2D eigenvalue weighted by Crippen LogP contribution is 2.36. The summed E-state index contributed by atoms with van der Waals surface area (Å²) in [4.78, 5) is 11.8. The van der Waals surface area contributed by atoms with E-state index in [2.05, 4.69) is 33.9 Å². The van der Waals surface area contributed by atoms with Crippen molar-refractivity contribution in [3.8, 4) is 0 Å². The highest BCUT2D eigenvalue weighted by atomic mass is 32.2. The van der Waals surface area contributed by atoms with E-state index in [1.807, 2.05) is 0 Å². The van der Waals surface area contributed by atoms with Gasteiger partial charge < -0.3 is 9.16 Å². The van der Waals surface area contributed by atoms with Crippen molar-refractivity contribution in [1.29, 1.82) is 0 Å². The predicted molar refractivity (Wildman–Crippen MR) is 113 cm³/mol. The molecule has 7 heteroatoms. The Hall–Kier alpha value is -1.44. The van der Waals surface area contributed by atoms with Crippen LogP contribution in [0, 0.1) is 0 Å². The molecule has 0 aliphatic carbocycles. The SMILES string of the molecule is CC(C)(C)[Si](C)(C)OCCCCC(C1=CC(=O)OC1)S(=O)(=O)c1ccccc1. The lowest BCUT2D eigenvalue weighted by molar-refractivity contribution is -0.134. The lowest BCUT2D eigenvalue weighted by atomic mass is 10.1. The molecule has 1 atom stereocenters. The first-order valence-electron chi connectivity index (χ1n) is 9.75. The molecule has 0 fully saturated rings. The molecule has 28 heavy (non-hydrogen) atoms. The van der Waals surface area contributed by atoms with Crippen LogP contribution in [0.25, 0.3) is 0 Å². The van der Waals surface area contributed by atoms with E-state index in [1.165, 1.54) is 6.08 Å². The summed E-state index contributed by atoms with van der Waals surface area (Å²) in [5, 5.41) is -0.590. The normalized spacial score (nSPS) is 16.6. The van der Waals surface area contributed by atoms with E-state index in [4.69, 9.17) is 9.16 Å². The summed E-state index contributed by atoms with van der Waals surface area (Å²) in [6, 6.07) is 8.40. The number of hydrogen-bond donors (Lipinski definition) is 0. The molecule has 0 spiro atoms. The third-order valence-electron chi connectivity index (χ3n) is 5.67. The van der Waals surface area contributed by atoms with Crippen LogP contribution in [0.2, 0.25) is 18.1 Å². The third-order valence-corrected chi connectivity index (χ3v) is 12.4. The minimum Gasteiger partial charge on any atom is -0.458 e. The van der Waals surface area contributed by atoms with Crippen LogP contribution in [0.15, 0.2) is 46.9 Å². The second kappa shape index (κ2) is 8.92. The summed E-state index contributed by atoms with van der Waals surface area (Å²) >= 11 is 0. The van der Waals surface area contributed by atoms with Gasteiger partial charge in [0, 0.05) is 12.7 Å². The molecule has 156 valence electrons. The van der Waals surface area contributed by atoms with E-state index in [0.717, 1.165) is 6.42 Å². The lowest BCUT2D eigenvalue weighted by Gasteiger charge is -2.36.